The Morgan fingerprint density at radius 3 is 2.86 bits per heavy atom. The molecule has 1 unspecified atom stereocenters. The van der Waals surface area contributed by atoms with Gasteiger partial charge >= 0.3 is 0 Å². The predicted octanol–water partition coefficient (Wildman–Crippen LogP) is 3.85. The van der Waals surface area contributed by atoms with Gasteiger partial charge in [0.25, 0.3) is 5.91 Å². The van der Waals surface area contributed by atoms with Crippen LogP contribution in [-0.2, 0) is 4.79 Å². The summed E-state index contributed by atoms with van der Waals surface area (Å²) in [6, 6.07) is 9.26. The van der Waals surface area contributed by atoms with Crippen molar-refractivity contribution < 1.29 is 14.0 Å². The molecule has 1 aliphatic rings. The third-order valence-corrected chi connectivity index (χ3v) is 5.75. The molecule has 1 atom stereocenters. The summed E-state index contributed by atoms with van der Waals surface area (Å²) in [6.07, 6.45) is 3.32. The number of halogens is 1. The van der Waals surface area contributed by atoms with Gasteiger partial charge in [0, 0.05) is 28.5 Å². The number of fused-ring (bicyclic) bond motifs is 1. The SMILES string of the molecule is Cc1c(C(=O)Nc2ccc(N3CCCC(C(N)=O)C3)nc2)oc2ccc(Br)cc12. The summed E-state index contributed by atoms with van der Waals surface area (Å²) < 4.78 is 6.66. The van der Waals surface area contributed by atoms with Crippen molar-refractivity contribution in [3.63, 3.8) is 0 Å². The van der Waals surface area contributed by atoms with E-state index < -0.39 is 0 Å². The van der Waals surface area contributed by atoms with E-state index in [0.29, 0.717) is 17.8 Å². The molecule has 1 aliphatic heterocycles. The van der Waals surface area contributed by atoms with Crippen LogP contribution in [0.5, 0.6) is 0 Å². The molecule has 0 bridgehead atoms. The van der Waals surface area contributed by atoms with Crippen molar-refractivity contribution in [2.24, 2.45) is 11.7 Å². The van der Waals surface area contributed by atoms with Crippen LogP contribution in [0.25, 0.3) is 11.0 Å². The van der Waals surface area contributed by atoms with Crippen molar-refractivity contribution in [2.45, 2.75) is 19.8 Å². The Balaban J connectivity index is 1.48. The van der Waals surface area contributed by atoms with Crippen LogP contribution in [0.15, 0.2) is 45.4 Å². The van der Waals surface area contributed by atoms with Crippen LogP contribution in [0.3, 0.4) is 0 Å². The van der Waals surface area contributed by atoms with Gasteiger partial charge < -0.3 is 20.4 Å². The number of amides is 2. The van der Waals surface area contributed by atoms with Gasteiger partial charge in [0.1, 0.15) is 11.4 Å². The fraction of sp³-hybridized carbons (Fsp3) is 0.286. The number of hydrogen-bond donors (Lipinski definition) is 2. The van der Waals surface area contributed by atoms with Gasteiger partial charge in [-0.2, -0.15) is 0 Å². The maximum Gasteiger partial charge on any atom is 0.291 e. The largest absolute Gasteiger partial charge is 0.451 e. The normalized spacial score (nSPS) is 16.8. The highest BCUT2D eigenvalue weighted by Gasteiger charge is 2.25. The second kappa shape index (κ2) is 7.87. The molecule has 7 nitrogen and oxygen atoms in total. The van der Waals surface area contributed by atoms with E-state index in [4.69, 9.17) is 10.2 Å². The molecule has 29 heavy (non-hydrogen) atoms. The zero-order chi connectivity index (χ0) is 20.5. The number of rotatable bonds is 4. The van der Waals surface area contributed by atoms with Crippen LogP contribution in [0.2, 0.25) is 0 Å². The molecule has 1 fully saturated rings. The van der Waals surface area contributed by atoms with Crippen LogP contribution in [0.4, 0.5) is 11.5 Å². The molecule has 1 saturated heterocycles. The number of nitrogens with one attached hydrogen (secondary N) is 1. The molecule has 0 saturated carbocycles. The lowest BCUT2D eigenvalue weighted by Crippen LogP contribution is -2.41. The molecular formula is C21H21BrN4O3. The molecule has 3 heterocycles. The zero-order valence-corrected chi connectivity index (χ0v) is 17.5. The molecule has 3 N–H and O–H groups in total. The molecule has 2 aromatic heterocycles. The summed E-state index contributed by atoms with van der Waals surface area (Å²) in [4.78, 5) is 30.6. The molecule has 0 spiro atoms. The summed E-state index contributed by atoms with van der Waals surface area (Å²) in [5, 5.41) is 3.73. The number of carbonyl (C=O) groups excluding carboxylic acids is 2. The summed E-state index contributed by atoms with van der Waals surface area (Å²) in [6.45, 7) is 3.26. The smallest absolute Gasteiger partial charge is 0.291 e. The Kier molecular flexibility index (Phi) is 5.27. The highest BCUT2D eigenvalue weighted by atomic mass is 79.9. The Morgan fingerprint density at radius 1 is 1.31 bits per heavy atom. The van der Waals surface area contributed by atoms with E-state index in [9.17, 15) is 9.59 Å². The average Bonchev–Trinajstić information content (AvgIpc) is 3.05. The minimum Gasteiger partial charge on any atom is -0.451 e. The first-order chi connectivity index (χ1) is 13.9. The van der Waals surface area contributed by atoms with E-state index in [1.807, 2.05) is 36.1 Å². The number of pyridine rings is 1. The molecule has 150 valence electrons. The number of aromatic nitrogens is 1. The number of hydrogen-bond acceptors (Lipinski definition) is 5. The van der Waals surface area contributed by atoms with Crippen molar-refractivity contribution >= 4 is 50.2 Å². The van der Waals surface area contributed by atoms with Crippen molar-refractivity contribution in [3.8, 4) is 0 Å². The number of primary amides is 1. The molecule has 2 amide bonds. The standard InChI is InChI=1S/C21H21BrN4O3/c1-12-16-9-14(22)4-6-17(16)29-19(12)21(28)25-15-5-7-18(24-10-15)26-8-2-3-13(11-26)20(23)27/h4-7,9-10,13H,2-3,8,11H2,1H3,(H2,23,27)(H,25,28). The topological polar surface area (TPSA) is 101 Å². The number of nitrogens with two attached hydrogens (primary N) is 1. The number of nitrogens with zero attached hydrogens (tertiary/aromatic N) is 2. The monoisotopic (exact) mass is 456 g/mol. The van der Waals surface area contributed by atoms with E-state index in [0.717, 1.165) is 40.6 Å². The number of piperidine rings is 1. The second-order valence-corrected chi connectivity index (χ2v) is 8.16. The number of furan rings is 1. The lowest BCUT2D eigenvalue weighted by Gasteiger charge is -2.32. The van der Waals surface area contributed by atoms with Crippen molar-refractivity contribution in [3.05, 3.63) is 52.3 Å². The van der Waals surface area contributed by atoms with Gasteiger partial charge in [-0.3, -0.25) is 9.59 Å². The third-order valence-electron chi connectivity index (χ3n) is 5.26. The van der Waals surface area contributed by atoms with E-state index in [1.165, 1.54) is 0 Å². The van der Waals surface area contributed by atoms with Crippen molar-refractivity contribution in [1.29, 1.82) is 0 Å². The second-order valence-electron chi connectivity index (χ2n) is 7.24. The minimum absolute atomic E-state index is 0.152. The van der Waals surface area contributed by atoms with Gasteiger partial charge in [0.05, 0.1) is 17.8 Å². The van der Waals surface area contributed by atoms with Crippen LogP contribution < -0.4 is 16.0 Å². The minimum atomic E-state index is -0.323. The Labute approximate surface area is 176 Å². The first-order valence-corrected chi connectivity index (χ1v) is 10.2. The number of aryl methyl sites for hydroxylation is 1. The van der Waals surface area contributed by atoms with E-state index in [2.05, 4.69) is 26.2 Å². The van der Waals surface area contributed by atoms with Gasteiger partial charge in [-0.1, -0.05) is 15.9 Å². The molecular weight excluding hydrogens is 436 g/mol. The molecule has 1 aromatic carbocycles. The lowest BCUT2D eigenvalue weighted by atomic mass is 9.97. The first-order valence-electron chi connectivity index (χ1n) is 9.42. The van der Waals surface area contributed by atoms with Crippen molar-refractivity contribution in [2.75, 3.05) is 23.3 Å². The molecule has 8 heteroatoms. The highest BCUT2D eigenvalue weighted by Crippen LogP contribution is 2.29. The van der Waals surface area contributed by atoms with Gasteiger partial charge in [-0.25, -0.2) is 4.98 Å². The fourth-order valence-corrected chi connectivity index (χ4v) is 4.02. The van der Waals surface area contributed by atoms with Crippen LogP contribution in [-0.4, -0.2) is 29.9 Å². The molecule has 0 aliphatic carbocycles. The summed E-state index contributed by atoms with van der Waals surface area (Å²) in [7, 11) is 0. The summed E-state index contributed by atoms with van der Waals surface area (Å²) >= 11 is 3.44. The van der Waals surface area contributed by atoms with Crippen molar-refractivity contribution in [1.82, 2.24) is 4.98 Å². The Hall–Kier alpha value is -2.87. The fourth-order valence-electron chi connectivity index (χ4n) is 3.66. The Morgan fingerprint density at radius 2 is 2.14 bits per heavy atom. The first kappa shape index (κ1) is 19.4. The summed E-state index contributed by atoms with van der Waals surface area (Å²) in [5.41, 5.74) is 7.47. The highest BCUT2D eigenvalue weighted by molar-refractivity contribution is 9.10. The molecule has 3 aromatic rings. The number of carbonyl (C=O) groups is 2. The van der Waals surface area contributed by atoms with E-state index in [1.54, 1.807) is 12.3 Å². The van der Waals surface area contributed by atoms with Crippen LogP contribution >= 0.6 is 15.9 Å². The summed E-state index contributed by atoms with van der Waals surface area (Å²) in [5.74, 6) is 0.296. The number of benzene rings is 1. The lowest BCUT2D eigenvalue weighted by molar-refractivity contribution is -0.122. The van der Waals surface area contributed by atoms with Gasteiger partial charge in [0.2, 0.25) is 5.91 Å². The third kappa shape index (κ3) is 3.98. The number of anilines is 2. The quantitative estimate of drug-likeness (QED) is 0.620. The van der Waals surface area contributed by atoms with E-state index in [-0.39, 0.29) is 23.5 Å². The Bertz CT molecular complexity index is 1080. The van der Waals surface area contributed by atoms with Crippen LogP contribution in [0, 0.1) is 12.8 Å². The maximum absolute atomic E-state index is 12.7. The predicted molar refractivity (Wildman–Crippen MR) is 115 cm³/mol. The molecule has 0 radical (unpaired) electrons. The van der Waals surface area contributed by atoms with Gasteiger partial charge in [0.15, 0.2) is 5.76 Å². The molecule has 4 rings (SSSR count). The zero-order valence-electron chi connectivity index (χ0n) is 15.9. The van der Waals surface area contributed by atoms with E-state index >= 15 is 0 Å². The maximum atomic E-state index is 12.7. The van der Waals surface area contributed by atoms with Gasteiger partial charge in [-0.15, -0.1) is 0 Å². The van der Waals surface area contributed by atoms with Gasteiger partial charge in [-0.05, 0) is 50.1 Å². The average molecular weight is 457 g/mol. The van der Waals surface area contributed by atoms with Crippen LogP contribution in [0.1, 0.15) is 29.0 Å².